The third-order valence-corrected chi connectivity index (χ3v) is 2.36. The van der Waals surface area contributed by atoms with Crippen LogP contribution in [0.2, 0.25) is 5.02 Å². The summed E-state index contributed by atoms with van der Waals surface area (Å²) >= 11 is 6.00. The zero-order valence-electron chi connectivity index (χ0n) is 8.90. The fraction of sp³-hybridized carbons (Fsp3) is 0.167. The van der Waals surface area contributed by atoms with Crippen LogP contribution in [0.1, 0.15) is 12.5 Å². The number of anilines is 1. The van der Waals surface area contributed by atoms with E-state index in [0.29, 0.717) is 22.8 Å². The van der Waals surface area contributed by atoms with E-state index in [1.54, 1.807) is 18.2 Å². The molecular formula is C12H11ClN2O. The molecule has 0 bridgehead atoms. The van der Waals surface area contributed by atoms with Crippen LogP contribution in [-0.4, -0.2) is 12.5 Å². The van der Waals surface area contributed by atoms with E-state index < -0.39 is 0 Å². The molecule has 0 aliphatic carbocycles. The fourth-order valence-electron chi connectivity index (χ4n) is 1.32. The summed E-state index contributed by atoms with van der Waals surface area (Å²) in [4.78, 5) is 12.9. The maximum absolute atomic E-state index is 11.4. The molecular weight excluding hydrogens is 224 g/mol. The number of nitrogens with zero attached hydrogens (tertiary/aromatic N) is 2. The Hall–Kier alpha value is -1.79. The third-order valence-electron chi connectivity index (χ3n) is 2.06. The van der Waals surface area contributed by atoms with Gasteiger partial charge in [0, 0.05) is 13.5 Å². The fourth-order valence-corrected chi connectivity index (χ4v) is 1.60. The summed E-state index contributed by atoms with van der Waals surface area (Å²) in [5, 5.41) is 9.08. The Morgan fingerprint density at radius 2 is 2.38 bits per heavy atom. The zero-order valence-corrected chi connectivity index (χ0v) is 9.66. The molecule has 16 heavy (non-hydrogen) atoms. The van der Waals surface area contributed by atoms with Gasteiger partial charge in [-0.15, -0.1) is 6.58 Å². The van der Waals surface area contributed by atoms with Crippen molar-refractivity contribution in [1.29, 1.82) is 5.26 Å². The van der Waals surface area contributed by atoms with Crippen LogP contribution in [-0.2, 0) is 4.79 Å². The number of hydrogen-bond acceptors (Lipinski definition) is 2. The molecule has 0 saturated carbocycles. The number of rotatable bonds is 3. The topological polar surface area (TPSA) is 44.1 Å². The molecule has 0 spiro atoms. The van der Waals surface area contributed by atoms with Gasteiger partial charge in [0.15, 0.2) is 0 Å². The Morgan fingerprint density at radius 1 is 1.69 bits per heavy atom. The normalized spacial score (nSPS) is 9.31. The Kier molecular flexibility index (Phi) is 4.10. The number of halogens is 1. The van der Waals surface area contributed by atoms with E-state index in [-0.39, 0.29) is 5.91 Å². The van der Waals surface area contributed by atoms with E-state index in [0.717, 1.165) is 0 Å². The summed E-state index contributed by atoms with van der Waals surface area (Å²) in [5.74, 6) is -0.119. The van der Waals surface area contributed by atoms with Crippen molar-refractivity contribution in [2.24, 2.45) is 0 Å². The van der Waals surface area contributed by atoms with Gasteiger partial charge in [-0.3, -0.25) is 4.79 Å². The van der Waals surface area contributed by atoms with Crippen LogP contribution in [0.3, 0.4) is 0 Å². The first-order valence-electron chi connectivity index (χ1n) is 4.68. The van der Waals surface area contributed by atoms with Gasteiger partial charge in [0.05, 0.1) is 22.3 Å². The molecule has 1 aromatic carbocycles. The van der Waals surface area contributed by atoms with Crippen molar-refractivity contribution in [2.45, 2.75) is 6.92 Å². The molecule has 0 unspecified atom stereocenters. The minimum absolute atomic E-state index is 0.119. The molecule has 0 heterocycles. The number of benzene rings is 1. The lowest BCUT2D eigenvalue weighted by molar-refractivity contribution is -0.116. The van der Waals surface area contributed by atoms with Gasteiger partial charge in [-0.25, -0.2) is 0 Å². The molecule has 0 aliphatic rings. The molecule has 1 aromatic rings. The lowest BCUT2D eigenvalue weighted by Crippen LogP contribution is -2.28. The number of amides is 1. The number of nitriles is 1. The molecule has 0 fully saturated rings. The molecule has 1 amide bonds. The van der Waals surface area contributed by atoms with Gasteiger partial charge in [0.2, 0.25) is 5.91 Å². The van der Waals surface area contributed by atoms with E-state index in [9.17, 15) is 4.79 Å². The Labute approximate surface area is 99.5 Å². The summed E-state index contributed by atoms with van der Waals surface area (Å²) in [7, 11) is 0. The van der Waals surface area contributed by atoms with Gasteiger partial charge in [-0.05, 0) is 18.2 Å². The Morgan fingerprint density at radius 3 is 2.81 bits per heavy atom. The maximum atomic E-state index is 11.4. The summed E-state index contributed by atoms with van der Waals surface area (Å²) in [5.41, 5.74) is 1.06. The van der Waals surface area contributed by atoms with Crippen molar-refractivity contribution >= 4 is 23.2 Å². The minimum atomic E-state index is -0.119. The molecule has 4 heteroatoms. The highest BCUT2D eigenvalue weighted by Crippen LogP contribution is 2.26. The highest BCUT2D eigenvalue weighted by atomic mass is 35.5. The predicted molar refractivity (Wildman–Crippen MR) is 64.4 cm³/mol. The number of hydrogen-bond donors (Lipinski definition) is 0. The van der Waals surface area contributed by atoms with Crippen LogP contribution < -0.4 is 4.90 Å². The standard InChI is InChI=1S/C12H11ClN2O/c1-3-6-15(9(2)16)12-5-4-10(8-14)7-11(12)13/h3-5,7H,1,6H2,2H3. The van der Waals surface area contributed by atoms with Crippen molar-refractivity contribution < 1.29 is 4.79 Å². The van der Waals surface area contributed by atoms with Gasteiger partial charge in [-0.1, -0.05) is 17.7 Å². The van der Waals surface area contributed by atoms with Gasteiger partial charge in [0.1, 0.15) is 0 Å². The molecule has 0 radical (unpaired) electrons. The van der Waals surface area contributed by atoms with E-state index in [1.807, 2.05) is 6.07 Å². The summed E-state index contributed by atoms with van der Waals surface area (Å²) in [6.45, 7) is 5.43. The summed E-state index contributed by atoms with van der Waals surface area (Å²) < 4.78 is 0. The predicted octanol–water partition coefficient (Wildman–Crippen LogP) is 2.75. The van der Waals surface area contributed by atoms with E-state index in [2.05, 4.69) is 6.58 Å². The van der Waals surface area contributed by atoms with Crippen LogP contribution in [0.5, 0.6) is 0 Å². The van der Waals surface area contributed by atoms with Gasteiger partial charge in [0.25, 0.3) is 0 Å². The first kappa shape index (κ1) is 12.3. The molecule has 0 aromatic heterocycles. The zero-order chi connectivity index (χ0) is 12.1. The molecule has 0 N–H and O–H groups in total. The SMILES string of the molecule is C=CCN(C(C)=O)c1ccc(C#N)cc1Cl. The quantitative estimate of drug-likeness (QED) is 0.755. The van der Waals surface area contributed by atoms with Gasteiger partial charge < -0.3 is 4.90 Å². The van der Waals surface area contributed by atoms with Crippen molar-refractivity contribution in [1.82, 2.24) is 0 Å². The lowest BCUT2D eigenvalue weighted by atomic mass is 10.2. The van der Waals surface area contributed by atoms with E-state index in [1.165, 1.54) is 17.9 Å². The second kappa shape index (κ2) is 5.34. The summed E-state index contributed by atoms with van der Waals surface area (Å²) in [6.07, 6.45) is 1.62. The Bertz CT molecular complexity index is 463. The summed E-state index contributed by atoms with van der Waals surface area (Å²) in [6, 6.07) is 6.81. The van der Waals surface area contributed by atoms with Gasteiger partial charge >= 0.3 is 0 Å². The van der Waals surface area contributed by atoms with Crippen LogP contribution in [0.4, 0.5) is 5.69 Å². The molecule has 1 rings (SSSR count). The average Bonchev–Trinajstić information content (AvgIpc) is 2.26. The molecule has 0 atom stereocenters. The van der Waals surface area contributed by atoms with Crippen molar-refractivity contribution in [3.63, 3.8) is 0 Å². The van der Waals surface area contributed by atoms with Crippen LogP contribution >= 0.6 is 11.6 Å². The number of carbonyl (C=O) groups is 1. The first-order chi connectivity index (χ1) is 7.60. The van der Waals surface area contributed by atoms with Gasteiger partial charge in [-0.2, -0.15) is 5.26 Å². The highest BCUT2D eigenvalue weighted by molar-refractivity contribution is 6.33. The Balaban J connectivity index is 3.15. The monoisotopic (exact) mass is 234 g/mol. The van der Waals surface area contributed by atoms with Crippen LogP contribution in [0.25, 0.3) is 0 Å². The third kappa shape index (κ3) is 2.62. The molecule has 3 nitrogen and oxygen atoms in total. The van der Waals surface area contributed by atoms with Crippen molar-refractivity contribution in [3.05, 3.63) is 41.4 Å². The molecule has 0 saturated heterocycles. The van der Waals surface area contributed by atoms with Crippen molar-refractivity contribution in [2.75, 3.05) is 11.4 Å². The van der Waals surface area contributed by atoms with Crippen LogP contribution in [0, 0.1) is 11.3 Å². The lowest BCUT2D eigenvalue weighted by Gasteiger charge is -2.20. The average molecular weight is 235 g/mol. The largest absolute Gasteiger partial charge is 0.307 e. The smallest absolute Gasteiger partial charge is 0.224 e. The molecule has 82 valence electrons. The maximum Gasteiger partial charge on any atom is 0.224 e. The highest BCUT2D eigenvalue weighted by Gasteiger charge is 2.13. The number of carbonyl (C=O) groups excluding carboxylic acids is 1. The van der Waals surface area contributed by atoms with E-state index in [4.69, 9.17) is 16.9 Å². The van der Waals surface area contributed by atoms with Crippen LogP contribution in [0.15, 0.2) is 30.9 Å². The minimum Gasteiger partial charge on any atom is -0.307 e. The first-order valence-corrected chi connectivity index (χ1v) is 5.06. The second-order valence-electron chi connectivity index (χ2n) is 3.20. The second-order valence-corrected chi connectivity index (χ2v) is 3.60. The van der Waals surface area contributed by atoms with Crippen molar-refractivity contribution in [3.8, 4) is 6.07 Å². The van der Waals surface area contributed by atoms with E-state index >= 15 is 0 Å². The molecule has 0 aliphatic heterocycles.